The van der Waals surface area contributed by atoms with Crippen LogP contribution in [0.2, 0.25) is 5.02 Å². The van der Waals surface area contributed by atoms with Gasteiger partial charge in [-0.05, 0) is 25.0 Å². The smallest absolute Gasteiger partial charge is 0.149 e. The monoisotopic (exact) mass is 223 g/mol. The lowest BCUT2D eigenvalue weighted by Gasteiger charge is -2.09. The Morgan fingerprint density at radius 2 is 2.13 bits per heavy atom. The van der Waals surface area contributed by atoms with Gasteiger partial charge in [0.1, 0.15) is 11.3 Å². The van der Waals surface area contributed by atoms with Crippen LogP contribution in [0, 0.1) is 12.7 Å². The minimum atomic E-state index is -0.319. The van der Waals surface area contributed by atoms with Crippen LogP contribution in [0.1, 0.15) is 18.2 Å². The number of benzene rings is 1. The molecule has 0 fully saturated rings. The van der Waals surface area contributed by atoms with E-state index in [9.17, 15) is 4.39 Å². The minimum absolute atomic E-state index is 0.319. The molecule has 2 rings (SSSR count). The van der Waals surface area contributed by atoms with Crippen LogP contribution in [-0.2, 0) is 6.42 Å². The van der Waals surface area contributed by atoms with Gasteiger partial charge in [-0.3, -0.25) is 0 Å². The number of nitrogens with zero attached hydrogens (tertiary/aromatic N) is 1. The summed E-state index contributed by atoms with van der Waals surface area (Å²) in [6.45, 7) is 3.87. The lowest BCUT2D eigenvalue weighted by molar-refractivity contribution is 0.636. The van der Waals surface area contributed by atoms with Gasteiger partial charge >= 0.3 is 0 Å². The van der Waals surface area contributed by atoms with Crippen molar-refractivity contribution >= 4 is 22.5 Å². The standard InChI is InChI=1S/C12H11ClFN/c1-3-8-7(2)15-12-9(11(8)13)5-4-6-10(12)14/h4-6H,3H2,1-2H3. The fraction of sp³-hybridized carbons (Fsp3) is 0.250. The van der Waals surface area contributed by atoms with Crippen molar-refractivity contribution in [3.05, 3.63) is 40.3 Å². The molecule has 2 aromatic rings. The van der Waals surface area contributed by atoms with E-state index < -0.39 is 0 Å². The van der Waals surface area contributed by atoms with Gasteiger partial charge in [0.2, 0.25) is 0 Å². The van der Waals surface area contributed by atoms with Gasteiger partial charge in [-0.25, -0.2) is 9.37 Å². The molecule has 3 heteroatoms. The summed E-state index contributed by atoms with van der Waals surface area (Å²) >= 11 is 6.21. The van der Waals surface area contributed by atoms with Crippen LogP contribution in [0.15, 0.2) is 18.2 Å². The van der Waals surface area contributed by atoms with Crippen LogP contribution in [0.5, 0.6) is 0 Å². The number of aromatic nitrogens is 1. The zero-order valence-electron chi connectivity index (χ0n) is 8.64. The molecule has 0 N–H and O–H groups in total. The Kier molecular flexibility index (Phi) is 2.61. The van der Waals surface area contributed by atoms with Gasteiger partial charge < -0.3 is 0 Å². The number of pyridine rings is 1. The molecule has 15 heavy (non-hydrogen) atoms. The molecular weight excluding hydrogens is 213 g/mol. The van der Waals surface area contributed by atoms with Crippen molar-refractivity contribution in [2.75, 3.05) is 0 Å². The third-order valence-corrected chi connectivity index (χ3v) is 2.99. The highest BCUT2D eigenvalue weighted by Crippen LogP contribution is 2.29. The number of hydrogen-bond acceptors (Lipinski definition) is 1. The molecule has 0 aliphatic rings. The summed E-state index contributed by atoms with van der Waals surface area (Å²) in [5.74, 6) is -0.319. The number of para-hydroxylation sites is 1. The molecular formula is C12H11ClFN. The third kappa shape index (κ3) is 1.59. The SMILES string of the molecule is CCc1c(C)nc2c(F)cccc2c1Cl. The van der Waals surface area contributed by atoms with Crippen LogP contribution < -0.4 is 0 Å². The van der Waals surface area contributed by atoms with Crippen molar-refractivity contribution in [1.29, 1.82) is 0 Å². The van der Waals surface area contributed by atoms with Gasteiger partial charge in [-0.15, -0.1) is 0 Å². The topological polar surface area (TPSA) is 12.9 Å². The molecule has 0 aliphatic carbocycles. The zero-order chi connectivity index (χ0) is 11.0. The first kappa shape index (κ1) is 10.4. The maximum Gasteiger partial charge on any atom is 0.149 e. The summed E-state index contributed by atoms with van der Waals surface area (Å²) in [6.07, 6.45) is 0.810. The van der Waals surface area contributed by atoms with Crippen molar-refractivity contribution in [2.45, 2.75) is 20.3 Å². The van der Waals surface area contributed by atoms with E-state index in [-0.39, 0.29) is 5.82 Å². The first-order valence-corrected chi connectivity index (χ1v) is 5.26. The molecule has 1 aromatic carbocycles. The van der Waals surface area contributed by atoms with E-state index in [1.54, 1.807) is 12.1 Å². The highest BCUT2D eigenvalue weighted by atomic mass is 35.5. The molecule has 0 aliphatic heterocycles. The lowest BCUT2D eigenvalue weighted by Crippen LogP contribution is -1.96. The van der Waals surface area contributed by atoms with E-state index in [4.69, 9.17) is 11.6 Å². The van der Waals surface area contributed by atoms with Gasteiger partial charge in [0.15, 0.2) is 0 Å². The predicted octanol–water partition coefficient (Wildman–Crippen LogP) is 3.90. The van der Waals surface area contributed by atoms with Crippen molar-refractivity contribution in [2.24, 2.45) is 0 Å². The summed E-state index contributed by atoms with van der Waals surface area (Å²) in [7, 11) is 0. The fourth-order valence-electron chi connectivity index (χ4n) is 1.77. The minimum Gasteiger partial charge on any atom is -0.250 e. The normalized spacial score (nSPS) is 10.9. The molecule has 0 spiro atoms. The van der Waals surface area contributed by atoms with E-state index in [1.165, 1.54) is 6.07 Å². The first-order chi connectivity index (χ1) is 7.15. The Bertz CT molecular complexity index is 523. The Balaban J connectivity index is 2.91. The molecule has 0 saturated carbocycles. The van der Waals surface area contributed by atoms with Gasteiger partial charge in [-0.2, -0.15) is 0 Å². The molecule has 0 amide bonds. The van der Waals surface area contributed by atoms with E-state index in [0.717, 1.165) is 17.7 Å². The van der Waals surface area contributed by atoms with Crippen LogP contribution in [0.25, 0.3) is 10.9 Å². The molecule has 1 nitrogen and oxygen atoms in total. The average Bonchev–Trinajstić information content (AvgIpc) is 2.20. The number of aryl methyl sites for hydroxylation is 1. The average molecular weight is 224 g/mol. The highest BCUT2D eigenvalue weighted by Gasteiger charge is 2.11. The molecule has 78 valence electrons. The predicted molar refractivity (Wildman–Crippen MR) is 60.8 cm³/mol. The van der Waals surface area contributed by atoms with Crippen LogP contribution >= 0.6 is 11.6 Å². The number of rotatable bonds is 1. The van der Waals surface area contributed by atoms with Crippen molar-refractivity contribution in [1.82, 2.24) is 4.98 Å². The van der Waals surface area contributed by atoms with Crippen molar-refractivity contribution in [3.8, 4) is 0 Å². The Hall–Kier alpha value is -1.15. The third-order valence-electron chi connectivity index (χ3n) is 2.56. The number of halogens is 2. The molecule has 1 aromatic heterocycles. The Labute approximate surface area is 92.9 Å². The van der Waals surface area contributed by atoms with Gasteiger partial charge in [-0.1, -0.05) is 30.7 Å². The van der Waals surface area contributed by atoms with E-state index in [1.807, 2.05) is 13.8 Å². The Morgan fingerprint density at radius 3 is 2.80 bits per heavy atom. The highest BCUT2D eigenvalue weighted by molar-refractivity contribution is 6.36. The van der Waals surface area contributed by atoms with Crippen LogP contribution in [-0.4, -0.2) is 4.98 Å². The summed E-state index contributed by atoms with van der Waals surface area (Å²) in [6, 6.07) is 4.85. The summed E-state index contributed by atoms with van der Waals surface area (Å²) in [5.41, 5.74) is 2.16. The quantitative estimate of drug-likeness (QED) is 0.715. The number of hydrogen-bond donors (Lipinski definition) is 0. The largest absolute Gasteiger partial charge is 0.250 e. The maximum atomic E-state index is 13.5. The van der Waals surface area contributed by atoms with Crippen LogP contribution in [0.3, 0.4) is 0 Å². The summed E-state index contributed by atoms with van der Waals surface area (Å²) < 4.78 is 13.5. The van der Waals surface area contributed by atoms with Crippen LogP contribution in [0.4, 0.5) is 4.39 Å². The maximum absolute atomic E-state index is 13.5. The molecule has 0 saturated heterocycles. The lowest BCUT2D eigenvalue weighted by atomic mass is 10.1. The Morgan fingerprint density at radius 1 is 1.40 bits per heavy atom. The van der Waals surface area contributed by atoms with Gasteiger partial charge in [0.05, 0.1) is 5.02 Å². The number of fused-ring (bicyclic) bond motifs is 1. The fourth-order valence-corrected chi connectivity index (χ4v) is 2.20. The second-order valence-electron chi connectivity index (χ2n) is 3.48. The summed E-state index contributed by atoms with van der Waals surface area (Å²) in [5, 5.41) is 1.32. The summed E-state index contributed by atoms with van der Waals surface area (Å²) in [4.78, 5) is 4.25. The first-order valence-electron chi connectivity index (χ1n) is 4.88. The van der Waals surface area contributed by atoms with E-state index in [0.29, 0.717) is 15.9 Å². The van der Waals surface area contributed by atoms with Gasteiger partial charge in [0.25, 0.3) is 0 Å². The second kappa shape index (κ2) is 3.78. The molecule has 0 unspecified atom stereocenters. The van der Waals surface area contributed by atoms with Crippen molar-refractivity contribution in [3.63, 3.8) is 0 Å². The molecule has 0 atom stereocenters. The van der Waals surface area contributed by atoms with Gasteiger partial charge in [0, 0.05) is 11.1 Å². The molecule has 0 bridgehead atoms. The second-order valence-corrected chi connectivity index (χ2v) is 3.86. The molecule has 0 radical (unpaired) electrons. The molecule has 1 heterocycles. The van der Waals surface area contributed by atoms with E-state index in [2.05, 4.69) is 4.98 Å². The van der Waals surface area contributed by atoms with Crippen molar-refractivity contribution < 1.29 is 4.39 Å². The zero-order valence-corrected chi connectivity index (χ0v) is 9.40. The van der Waals surface area contributed by atoms with E-state index >= 15 is 0 Å².